The van der Waals surface area contributed by atoms with Crippen LogP contribution in [0.1, 0.15) is 32.6 Å². The van der Waals surface area contributed by atoms with E-state index in [4.69, 9.17) is 32.7 Å². The van der Waals surface area contributed by atoms with E-state index in [1.807, 2.05) is 0 Å². The van der Waals surface area contributed by atoms with Crippen molar-refractivity contribution < 1.29 is 23.5 Å². The van der Waals surface area contributed by atoms with E-state index >= 15 is 0 Å². The molecule has 1 aliphatic rings. The average Bonchev–Trinajstić information content (AvgIpc) is 2.89. The van der Waals surface area contributed by atoms with Crippen LogP contribution >= 0.6 is 23.2 Å². The molecule has 0 aliphatic carbocycles. The first-order valence-electron chi connectivity index (χ1n) is 11.3. The third-order valence-corrected chi connectivity index (χ3v) is 6.29. The van der Waals surface area contributed by atoms with Crippen LogP contribution < -0.4 is 9.47 Å². The van der Waals surface area contributed by atoms with Crippen molar-refractivity contribution >= 4 is 45.9 Å². The molecule has 1 saturated heterocycles. The number of nitrogens with zero attached hydrogens (tertiary/aromatic N) is 4. The quantitative estimate of drug-likeness (QED) is 0.371. The fourth-order valence-electron chi connectivity index (χ4n) is 3.88. The monoisotopic (exact) mass is 530 g/mol. The van der Waals surface area contributed by atoms with Crippen LogP contribution in [-0.4, -0.2) is 45.2 Å². The molecule has 0 radical (unpaired) electrons. The molecule has 36 heavy (non-hydrogen) atoms. The summed E-state index contributed by atoms with van der Waals surface area (Å²) in [6.07, 6.45) is 3.60. The standard InChI is InChI=1S/C25H21Cl2FN4O4/c1-2-22(33)25(14-29,24(34)32-8-4-3-5-9-32)36-20-12-21(17(28)11-16(20)27)35-23-13-30-19-10-15(26)6-7-18(19)31-23/h6-7,10-13H,2-5,8-9H2,1H3. The predicted octanol–water partition coefficient (Wildman–Crippen LogP) is 5.50. The Kier molecular flexibility index (Phi) is 7.57. The number of hydrogen-bond acceptors (Lipinski definition) is 7. The van der Waals surface area contributed by atoms with Gasteiger partial charge in [-0.3, -0.25) is 9.59 Å². The zero-order chi connectivity index (χ0) is 25.9. The molecule has 1 fully saturated rings. The van der Waals surface area contributed by atoms with Crippen LogP contribution in [0.4, 0.5) is 4.39 Å². The maximum atomic E-state index is 14.7. The number of aromatic nitrogens is 2. The summed E-state index contributed by atoms with van der Waals surface area (Å²) in [6, 6.07) is 8.62. The fourth-order valence-corrected chi connectivity index (χ4v) is 4.24. The van der Waals surface area contributed by atoms with Gasteiger partial charge in [0.2, 0.25) is 11.7 Å². The van der Waals surface area contributed by atoms with Crippen molar-refractivity contribution in [3.8, 4) is 23.4 Å². The zero-order valence-electron chi connectivity index (χ0n) is 19.3. The molecule has 0 saturated carbocycles. The summed E-state index contributed by atoms with van der Waals surface area (Å²) in [5, 5.41) is 10.2. The lowest BCUT2D eigenvalue weighted by Crippen LogP contribution is -2.58. The van der Waals surface area contributed by atoms with Crippen LogP contribution in [-0.2, 0) is 9.59 Å². The summed E-state index contributed by atoms with van der Waals surface area (Å²) in [5.74, 6) is -2.99. The highest BCUT2D eigenvalue weighted by atomic mass is 35.5. The van der Waals surface area contributed by atoms with E-state index in [1.165, 1.54) is 18.0 Å². The summed E-state index contributed by atoms with van der Waals surface area (Å²) in [6.45, 7) is 2.33. The summed E-state index contributed by atoms with van der Waals surface area (Å²) < 4.78 is 26.0. The van der Waals surface area contributed by atoms with Crippen molar-refractivity contribution in [3.63, 3.8) is 0 Å². The van der Waals surface area contributed by atoms with Crippen molar-refractivity contribution in [2.75, 3.05) is 13.1 Å². The Labute approximate surface area is 216 Å². The number of ether oxygens (including phenoxy) is 2. The van der Waals surface area contributed by atoms with Crippen molar-refractivity contribution in [1.29, 1.82) is 5.26 Å². The highest BCUT2D eigenvalue weighted by Crippen LogP contribution is 2.37. The molecule has 1 aromatic heterocycles. The third-order valence-electron chi connectivity index (χ3n) is 5.76. The second-order valence-electron chi connectivity index (χ2n) is 8.18. The maximum Gasteiger partial charge on any atom is 0.330 e. The number of fused-ring (bicyclic) bond motifs is 1. The highest BCUT2D eigenvalue weighted by Gasteiger charge is 2.51. The molecular formula is C25H21Cl2FN4O4. The maximum absolute atomic E-state index is 14.7. The Morgan fingerprint density at radius 2 is 1.89 bits per heavy atom. The van der Waals surface area contributed by atoms with Crippen LogP contribution in [0.15, 0.2) is 36.5 Å². The first-order chi connectivity index (χ1) is 17.3. The minimum atomic E-state index is -2.47. The number of carbonyl (C=O) groups is 2. The summed E-state index contributed by atoms with van der Waals surface area (Å²) in [5.41, 5.74) is -1.48. The number of nitriles is 1. The molecule has 1 aliphatic heterocycles. The number of carbonyl (C=O) groups excluding carboxylic acids is 2. The van der Waals surface area contributed by atoms with E-state index in [0.29, 0.717) is 29.1 Å². The lowest BCUT2D eigenvalue weighted by Gasteiger charge is -2.34. The molecule has 1 unspecified atom stereocenters. The lowest BCUT2D eigenvalue weighted by molar-refractivity contribution is -0.152. The van der Waals surface area contributed by atoms with Gasteiger partial charge in [-0.1, -0.05) is 30.1 Å². The number of rotatable bonds is 7. The second kappa shape index (κ2) is 10.6. The van der Waals surface area contributed by atoms with E-state index in [2.05, 4.69) is 9.97 Å². The van der Waals surface area contributed by atoms with Gasteiger partial charge in [0.25, 0.3) is 5.91 Å². The van der Waals surface area contributed by atoms with Crippen molar-refractivity contribution in [1.82, 2.24) is 14.9 Å². The Morgan fingerprint density at radius 1 is 1.14 bits per heavy atom. The smallest absolute Gasteiger partial charge is 0.330 e. The van der Waals surface area contributed by atoms with Crippen LogP contribution in [0.5, 0.6) is 17.4 Å². The molecule has 0 spiro atoms. The van der Waals surface area contributed by atoms with Gasteiger partial charge in [-0.2, -0.15) is 5.26 Å². The number of hydrogen-bond donors (Lipinski definition) is 0. The SMILES string of the molecule is CCC(=O)C(C#N)(Oc1cc(Oc2cnc3cc(Cl)ccc3n2)c(F)cc1Cl)C(=O)N1CCCCC1. The molecule has 186 valence electrons. The largest absolute Gasteiger partial charge is 0.455 e. The number of amides is 1. The van der Waals surface area contributed by atoms with E-state index in [9.17, 15) is 19.2 Å². The number of likely N-dealkylation sites (tertiary alicyclic amines) is 1. The van der Waals surface area contributed by atoms with Gasteiger partial charge in [-0.25, -0.2) is 14.4 Å². The number of ketones is 1. The topological polar surface area (TPSA) is 105 Å². The van der Waals surface area contributed by atoms with Gasteiger partial charge in [0, 0.05) is 36.7 Å². The van der Waals surface area contributed by atoms with E-state index in [-0.39, 0.29) is 28.8 Å². The first kappa shape index (κ1) is 25.6. The molecule has 3 aromatic rings. The van der Waals surface area contributed by atoms with Gasteiger partial charge in [0.15, 0.2) is 11.6 Å². The Hall–Kier alpha value is -3.48. The van der Waals surface area contributed by atoms with Gasteiger partial charge >= 0.3 is 5.60 Å². The highest BCUT2D eigenvalue weighted by molar-refractivity contribution is 6.32. The fraction of sp³-hybridized carbons (Fsp3) is 0.320. The van der Waals surface area contributed by atoms with Gasteiger partial charge < -0.3 is 14.4 Å². The molecule has 8 nitrogen and oxygen atoms in total. The summed E-state index contributed by atoms with van der Waals surface area (Å²) >= 11 is 12.2. The van der Waals surface area contributed by atoms with Gasteiger partial charge in [-0.05, 0) is 37.5 Å². The van der Waals surface area contributed by atoms with Crippen LogP contribution in [0.25, 0.3) is 11.0 Å². The zero-order valence-corrected chi connectivity index (χ0v) is 20.8. The minimum Gasteiger partial charge on any atom is -0.455 e. The molecule has 2 heterocycles. The molecular weight excluding hydrogens is 510 g/mol. The minimum absolute atomic E-state index is 0.0300. The van der Waals surface area contributed by atoms with Crippen LogP contribution in [0.3, 0.4) is 0 Å². The Morgan fingerprint density at radius 3 is 2.58 bits per heavy atom. The van der Waals surface area contributed by atoms with Crippen molar-refractivity contribution in [2.24, 2.45) is 0 Å². The van der Waals surface area contributed by atoms with Gasteiger partial charge in [-0.15, -0.1) is 0 Å². The average molecular weight is 531 g/mol. The van der Waals surface area contributed by atoms with E-state index in [0.717, 1.165) is 31.4 Å². The number of Topliss-reactive ketones (excluding diaryl/α,β-unsaturated/α-hetero) is 1. The van der Waals surface area contributed by atoms with Crippen molar-refractivity contribution in [2.45, 2.75) is 38.2 Å². The van der Waals surface area contributed by atoms with E-state index in [1.54, 1.807) is 24.3 Å². The normalized spacial score (nSPS) is 15.1. The Balaban J connectivity index is 1.68. The van der Waals surface area contributed by atoms with Crippen LogP contribution in [0.2, 0.25) is 10.0 Å². The summed E-state index contributed by atoms with van der Waals surface area (Å²) in [7, 11) is 0. The summed E-state index contributed by atoms with van der Waals surface area (Å²) in [4.78, 5) is 36.1. The van der Waals surface area contributed by atoms with E-state index < -0.39 is 23.1 Å². The second-order valence-corrected chi connectivity index (χ2v) is 9.02. The molecule has 2 aromatic carbocycles. The molecule has 0 bridgehead atoms. The van der Waals surface area contributed by atoms with Crippen molar-refractivity contribution in [3.05, 3.63) is 52.4 Å². The lowest BCUT2D eigenvalue weighted by atomic mass is 9.94. The molecule has 0 N–H and O–H groups in total. The molecule has 11 heteroatoms. The number of piperidine rings is 1. The molecule has 1 atom stereocenters. The molecule has 4 rings (SSSR count). The predicted molar refractivity (Wildman–Crippen MR) is 131 cm³/mol. The first-order valence-corrected chi connectivity index (χ1v) is 12.0. The Bertz CT molecular complexity index is 1370. The number of halogens is 3. The number of benzene rings is 2. The van der Waals surface area contributed by atoms with Gasteiger partial charge in [0.05, 0.1) is 22.3 Å². The molecule has 1 amide bonds. The van der Waals surface area contributed by atoms with Crippen LogP contribution in [0, 0.1) is 17.1 Å². The van der Waals surface area contributed by atoms with Gasteiger partial charge in [0.1, 0.15) is 11.8 Å². The third kappa shape index (κ3) is 5.06.